The molecule has 8 heteroatoms. The molecule has 0 radical (unpaired) electrons. The van der Waals surface area contributed by atoms with E-state index >= 15 is 0 Å². The van der Waals surface area contributed by atoms with Crippen LogP contribution in [0.2, 0.25) is 0 Å². The summed E-state index contributed by atoms with van der Waals surface area (Å²) in [5, 5.41) is 7.26. The topological polar surface area (TPSA) is 52.2 Å². The molecular formula is C20H23F3N4O. The molecule has 1 saturated heterocycles. The number of alkyl halides is 3. The van der Waals surface area contributed by atoms with Crippen LogP contribution in [-0.4, -0.2) is 52.1 Å². The monoisotopic (exact) mass is 392 g/mol. The first-order valence-electron chi connectivity index (χ1n) is 9.66. The zero-order chi connectivity index (χ0) is 19.7. The van der Waals surface area contributed by atoms with Crippen LogP contribution in [0.1, 0.15) is 45.7 Å². The van der Waals surface area contributed by atoms with E-state index in [1.807, 2.05) is 0 Å². The van der Waals surface area contributed by atoms with E-state index < -0.39 is 11.7 Å². The normalized spacial score (nSPS) is 18.2. The van der Waals surface area contributed by atoms with Crippen LogP contribution in [0.4, 0.5) is 13.2 Å². The Morgan fingerprint density at radius 2 is 1.86 bits per heavy atom. The van der Waals surface area contributed by atoms with E-state index in [4.69, 9.17) is 0 Å². The molecule has 1 fully saturated rings. The quantitative estimate of drug-likeness (QED) is 0.872. The van der Waals surface area contributed by atoms with Gasteiger partial charge in [-0.2, -0.15) is 18.3 Å². The summed E-state index contributed by atoms with van der Waals surface area (Å²) < 4.78 is 38.6. The Kier molecular flexibility index (Phi) is 5.14. The van der Waals surface area contributed by atoms with Crippen LogP contribution in [0.3, 0.4) is 0 Å². The second kappa shape index (κ2) is 7.58. The molecule has 1 aromatic carbocycles. The molecule has 2 aliphatic rings. The van der Waals surface area contributed by atoms with Crippen molar-refractivity contribution >= 4 is 5.91 Å². The van der Waals surface area contributed by atoms with Crippen molar-refractivity contribution < 1.29 is 18.0 Å². The van der Waals surface area contributed by atoms with Gasteiger partial charge in [0.2, 0.25) is 0 Å². The fourth-order valence-corrected chi connectivity index (χ4v) is 4.02. The van der Waals surface area contributed by atoms with Gasteiger partial charge in [-0.1, -0.05) is 18.2 Å². The first kappa shape index (κ1) is 19.0. The van der Waals surface area contributed by atoms with Crippen LogP contribution < -0.4 is 0 Å². The van der Waals surface area contributed by atoms with Crippen LogP contribution in [0, 0.1) is 0 Å². The van der Waals surface area contributed by atoms with Gasteiger partial charge in [-0.15, -0.1) is 0 Å². The van der Waals surface area contributed by atoms with Gasteiger partial charge in [0, 0.05) is 44.0 Å². The highest BCUT2D eigenvalue weighted by Gasteiger charge is 2.31. The van der Waals surface area contributed by atoms with Crippen molar-refractivity contribution in [3.8, 4) is 0 Å². The van der Waals surface area contributed by atoms with Crippen molar-refractivity contribution in [2.45, 2.75) is 38.4 Å². The van der Waals surface area contributed by atoms with E-state index in [9.17, 15) is 18.0 Å². The Morgan fingerprint density at radius 1 is 1.11 bits per heavy atom. The molecule has 5 nitrogen and oxygen atoms in total. The molecule has 2 aromatic rings. The zero-order valence-corrected chi connectivity index (χ0v) is 15.6. The second-order valence-corrected chi connectivity index (χ2v) is 7.50. The minimum absolute atomic E-state index is 0.0434. The van der Waals surface area contributed by atoms with Crippen molar-refractivity contribution in [3.05, 3.63) is 52.3 Å². The minimum Gasteiger partial charge on any atom is -0.335 e. The van der Waals surface area contributed by atoms with E-state index in [1.54, 1.807) is 11.0 Å². The highest BCUT2D eigenvalue weighted by atomic mass is 19.4. The Morgan fingerprint density at radius 3 is 2.61 bits per heavy atom. The molecule has 0 spiro atoms. The highest BCUT2D eigenvalue weighted by molar-refractivity contribution is 5.94. The van der Waals surface area contributed by atoms with E-state index in [2.05, 4.69) is 15.1 Å². The van der Waals surface area contributed by atoms with Crippen molar-refractivity contribution in [2.75, 3.05) is 26.2 Å². The number of aromatic amines is 1. The van der Waals surface area contributed by atoms with Gasteiger partial charge in [0.25, 0.3) is 5.91 Å². The number of aryl methyl sites for hydroxylation is 1. The number of hydrogen-bond donors (Lipinski definition) is 1. The molecule has 1 amide bonds. The fraction of sp³-hybridized carbons (Fsp3) is 0.500. The molecule has 4 rings (SSSR count). The summed E-state index contributed by atoms with van der Waals surface area (Å²) in [6.07, 6.45) is -0.290. The Hall–Kier alpha value is -2.35. The standard InChI is InChI=1S/C20H23F3N4O/c21-20(22,23)15-5-3-4-14(12-15)13-26-8-10-27(11-9-26)19(28)18-16-6-1-2-7-17(16)24-25-18/h3-5,12H,1-2,6-11,13H2,(H,24,25). The number of hydrogen-bond acceptors (Lipinski definition) is 3. The number of aromatic nitrogens is 2. The van der Waals surface area contributed by atoms with Crippen LogP contribution in [0.5, 0.6) is 0 Å². The average Bonchev–Trinajstić information content (AvgIpc) is 3.12. The number of nitrogens with zero attached hydrogens (tertiary/aromatic N) is 3. The number of halogens is 3. The first-order valence-corrected chi connectivity index (χ1v) is 9.66. The Labute approximate surface area is 161 Å². The van der Waals surface area contributed by atoms with Gasteiger partial charge in [-0.25, -0.2) is 0 Å². The Balaban J connectivity index is 1.36. The zero-order valence-electron chi connectivity index (χ0n) is 15.6. The lowest BCUT2D eigenvalue weighted by Crippen LogP contribution is -2.48. The van der Waals surface area contributed by atoms with Gasteiger partial charge in [0.1, 0.15) is 0 Å². The molecule has 0 bridgehead atoms. The lowest BCUT2D eigenvalue weighted by atomic mass is 9.95. The van der Waals surface area contributed by atoms with Crippen molar-refractivity contribution in [2.24, 2.45) is 0 Å². The van der Waals surface area contributed by atoms with Gasteiger partial charge in [-0.05, 0) is 37.3 Å². The third-order valence-corrected chi connectivity index (χ3v) is 5.58. The van der Waals surface area contributed by atoms with Crippen molar-refractivity contribution in [1.29, 1.82) is 0 Å². The molecular weight excluding hydrogens is 369 g/mol. The molecule has 1 aromatic heterocycles. The van der Waals surface area contributed by atoms with Gasteiger partial charge in [-0.3, -0.25) is 14.8 Å². The molecule has 28 heavy (non-hydrogen) atoms. The first-order chi connectivity index (χ1) is 13.4. The molecule has 150 valence electrons. The van der Waals surface area contributed by atoms with E-state index in [0.717, 1.165) is 43.0 Å². The summed E-state index contributed by atoms with van der Waals surface area (Å²) in [4.78, 5) is 16.7. The molecule has 1 aliphatic carbocycles. The number of amides is 1. The highest BCUT2D eigenvalue weighted by Crippen LogP contribution is 2.30. The van der Waals surface area contributed by atoms with Gasteiger partial charge >= 0.3 is 6.18 Å². The molecule has 2 heterocycles. The predicted octanol–water partition coefficient (Wildman–Crippen LogP) is 3.27. The smallest absolute Gasteiger partial charge is 0.335 e. The third kappa shape index (κ3) is 3.92. The van der Waals surface area contributed by atoms with Gasteiger partial charge in [0.05, 0.1) is 5.56 Å². The number of nitrogens with one attached hydrogen (secondary N) is 1. The largest absolute Gasteiger partial charge is 0.416 e. The molecule has 0 atom stereocenters. The van der Waals surface area contributed by atoms with Crippen molar-refractivity contribution in [3.63, 3.8) is 0 Å². The van der Waals surface area contributed by atoms with E-state index in [0.29, 0.717) is 44.0 Å². The number of H-pyrrole nitrogens is 1. The summed E-state index contributed by atoms with van der Waals surface area (Å²) in [5.74, 6) is -0.0434. The number of rotatable bonds is 3. The van der Waals surface area contributed by atoms with Crippen LogP contribution in [-0.2, 0) is 25.6 Å². The summed E-state index contributed by atoms with van der Waals surface area (Å²) >= 11 is 0. The van der Waals surface area contributed by atoms with Crippen LogP contribution in [0.25, 0.3) is 0 Å². The fourth-order valence-electron chi connectivity index (χ4n) is 4.02. The van der Waals surface area contributed by atoms with Gasteiger partial charge < -0.3 is 4.90 Å². The number of piperazine rings is 1. The summed E-state index contributed by atoms with van der Waals surface area (Å²) in [6, 6.07) is 5.44. The molecule has 0 unspecified atom stereocenters. The summed E-state index contributed by atoms with van der Waals surface area (Å²) in [6.45, 7) is 2.83. The number of carbonyl (C=O) groups excluding carboxylic acids is 1. The van der Waals surface area contributed by atoms with Gasteiger partial charge in [0.15, 0.2) is 5.69 Å². The summed E-state index contributed by atoms with van der Waals surface area (Å²) in [5.41, 5.74) is 2.69. The maximum Gasteiger partial charge on any atom is 0.416 e. The van der Waals surface area contributed by atoms with Crippen LogP contribution >= 0.6 is 0 Å². The van der Waals surface area contributed by atoms with Crippen LogP contribution in [0.15, 0.2) is 24.3 Å². The minimum atomic E-state index is -4.33. The number of fused-ring (bicyclic) bond motifs is 1. The number of carbonyl (C=O) groups is 1. The van der Waals surface area contributed by atoms with E-state index in [1.165, 1.54) is 12.1 Å². The molecule has 1 aliphatic heterocycles. The summed E-state index contributed by atoms with van der Waals surface area (Å²) in [7, 11) is 0. The lowest BCUT2D eigenvalue weighted by molar-refractivity contribution is -0.137. The van der Waals surface area contributed by atoms with Crippen molar-refractivity contribution in [1.82, 2.24) is 20.0 Å². The maximum absolute atomic E-state index is 12.9. The predicted molar refractivity (Wildman–Crippen MR) is 97.9 cm³/mol. The SMILES string of the molecule is O=C(c1n[nH]c2c1CCCC2)N1CCN(Cc2cccc(C(F)(F)F)c2)CC1. The molecule has 1 N–H and O–H groups in total. The second-order valence-electron chi connectivity index (χ2n) is 7.50. The Bertz CT molecular complexity index is 853. The van der Waals surface area contributed by atoms with E-state index in [-0.39, 0.29) is 5.91 Å². The average molecular weight is 392 g/mol. The third-order valence-electron chi connectivity index (χ3n) is 5.58. The maximum atomic E-state index is 12.9. The molecule has 0 saturated carbocycles. The lowest BCUT2D eigenvalue weighted by Gasteiger charge is -2.34. The number of benzene rings is 1.